The molecule has 1 aliphatic carbocycles. The van der Waals surface area contributed by atoms with Crippen LogP contribution in [0.3, 0.4) is 0 Å². The highest BCUT2D eigenvalue weighted by molar-refractivity contribution is 5.33. The molecule has 20 heavy (non-hydrogen) atoms. The van der Waals surface area contributed by atoms with Crippen LogP contribution < -0.4 is 10.1 Å². The second kappa shape index (κ2) is 5.72. The minimum absolute atomic E-state index is 0.100. The van der Waals surface area contributed by atoms with Gasteiger partial charge in [-0.3, -0.25) is 0 Å². The van der Waals surface area contributed by atoms with Gasteiger partial charge in [0.2, 0.25) is 0 Å². The molecule has 0 amide bonds. The lowest BCUT2D eigenvalue weighted by Crippen LogP contribution is -2.47. The summed E-state index contributed by atoms with van der Waals surface area (Å²) in [6, 6.07) is 4.77. The van der Waals surface area contributed by atoms with Crippen molar-refractivity contribution in [1.29, 1.82) is 0 Å². The highest BCUT2D eigenvalue weighted by atomic mass is 19.1. The van der Waals surface area contributed by atoms with Crippen molar-refractivity contribution < 1.29 is 9.13 Å². The van der Waals surface area contributed by atoms with Crippen LogP contribution in [0.2, 0.25) is 0 Å². The Morgan fingerprint density at radius 1 is 1.30 bits per heavy atom. The van der Waals surface area contributed by atoms with Gasteiger partial charge in [0.1, 0.15) is 17.2 Å². The third-order valence-electron chi connectivity index (χ3n) is 3.98. The van der Waals surface area contributed by atoms with E-state index in [-0.39, 0.29) is 17.0 Å². The van der Waals surface area contributed by atoms with Crippen LogP contribution in [0.4, 0.5) is 4.39 Å². The predicted octanol–water partition coefficient (Wildman–Crippen LogP) is 4.21. The summed E-state index contributed by atoms with van der Waals surface area (Å²) in [5, 5.41) is 3.50. The molecule has 1 aliphatic rings. The van der Waals surface area contributed by atoms with E-state index in [1.54, 1.807) is 6.07 Å². The van der Waals surface area contributed by atoms with Crippen molar-refractivity contribution in [3.8, 4) is 5.75 Å². The Labute approximate surface area is 121 Å². The first-order valence-corrected chi connectivity index (χ1v) is 7.50. The Balaban J connectivity index is 1.99. The van der Waals surface area contributed by atoms with Gasteiger partial charge in [-0.2, -0.15) is 0 Å². The van der Waals surface area contributed by atoms with E-state index in [0.29, 0.717) is 5.75 Å². The first-order chi connectivity index (χ1) is 9.30. The van der Waals surface area contributed by atoms with Gasteiger partial charge in [0.25, 0.3) is 0 Å². The highest BCUT2D eigenvalue weighted by Crippen LogP contribution is 2.40. The molecule has 1 N–H and O–H groups in total. The molecule has 0 spiro atoms. The zero-order valence-corrected chi connectivity index (χ0v) is 13.1. The van der Waals surface area contributed by atoms with Crippen LogP contribution >= 0.6 is 0 Å². The van der Waals surface area contributed by atoms with Crippen molar-refractivity contribution >= 4 is 0 Å². The van der Waals surface area contributed by atoms with Gasteiger partial charge < -0.3 is 10.1 Å². The predicted molar refractivity (Wildman–Crippen MR) is 80.7 cm³/mol. The van der Waals surface area contributed by atoms with Crippen molar-refractivity contribution in [2.75, 3.05) is 6.54 Å². The average Bonchev–Trinajstić information content (AvgIpc) is 2.28. The molecule has 1 fully saturated rings. The summed E-state index contributed by atoms with van der Waals surface area (Å²) in [5.41, 5.74) is 1.03. The molecule has 0 radical (unpaired) electrons. The standard InChI is InChI=1S/C17H26FNO/c1-13-6-7-14(18)12-15(13)20-17(8-5-9-17)10-11-19-16(2,3)4/h6-7,12,19H,5,8-11H2,1-4H3. The lowest BCUT2D eigenvalue weighted by Gasteiger charge is -2.43. The number of ether oxygens (including phenoxy) is 1. The number of hydrogen-bond acceptors (Lipinski definition) is 2. The fourth-order valence-corrected chi connectivity index (χ4v) is 2.56. The summed E-state index contributed by atoms with van der Waals surface area (Å²) < 4.78 is 19.5. The van der Waals surface area contributed by atoms with Crippen molar-refractivity contribution in [1.82, 2.24) is 5.32 Å². The number of rotatable bonds is 5. The highest BCUT2D eigenvalue weighted by Gasteiger charge is 2.39. The van der Waals surface area contributed by atoms with E-state index in [1.807, 2.05) is 6.92 Å². The van der Waals surface area contributed by atoms with E-state index in [1.165, 1.54) is 18.6 Å². The number of nitrogens with one attached hydrogen (secondary N) is 1. The average molecular weight is 279 g/mol. The Morgan fingerprint density at radius 3 is 2.55 bits per heavy atom. The molecule has 0 atom stereocenters. The molecule has 0 unspecified atom stereocenters. The van der Waals surface area contributed by atoms with Gasteiger partial charge in [-0.05, 0) is 71.6 Å². The largest absolute Gasteiger partial charge is 0.487 e. The Bertz CT molecular complexity index is 461. The van der Waals surface area contributed by atoms with Crippen LogP contribution in [0.1, 0.15) is 52.0 Å². The number of benzene rings is 1. The van der Waals surface area contributed by atoms with Crippen LogP contribution in [0, 0.1) is 12.7 Å². The molecule has 0 bridgehead atoms. The van der Waals surface area contributed by atoms with Gasteiger partial charge >= 0.3 is 0 Å². The summed E-state index contributed by atoms with van der Waals surface area (Å²) >= 11 is 0. The maximum atomic E-state index is 13.4. The molecule has 1 saturated carbocycles. The van der Waals surface area contributed by atoms with Crippen molar-refractivity contribution in [3.63, 3.8) is 0 Å². The molecule has 1 aromatic rings. The van der Waals surface area contributed by atoms with E-state index in [9.17, 15) is 4.39 Å². The van der Waals surface area contributed by atoms with Crippen LogP contribution in [-0.2, 0) is 0 Å². The molecular weight excluding hydrogens is 253 g/mol. The number of halogens is 1. The lowest BCUT2D eigenvalue weighted by molar-refractivity contribution is -0.0159. The van der Waals surface area contributed by atoms with Gasteiger partial charge in [-0.15, -0.1) is 0 Å². The number of aryl methyl sites for hydroxylation is 1. The van der Waals surface area contributed by atoms with Crippen LogP contribution in [0.5, 0.6) is 5.75 Å². The van der Waals surface area contributed by atoms with Crippen molar-refractivity contribution in [3.05, 3.63) is 29.6 Å². The second-order valence-corrected chi connectivity index (χ2v) is 6.98. The van der Waals surface area contributed by atoms with E-state index in [4.69, 9.17) is 4.74 Å². The second-order valence-electron chi connectivity index (χ2n) is 6.98. The molecule has 1 aromatic carbocycles. The van der Waals surface area contributed by atoms with Gasteiger partial charge in [0.15, 0.2) is 0 Å². The molecule has 0 heterocycles. The molecule has 112 valence electrons. The van der Waals surface area contributed by atoms with E-state index < -0.39 is 0 Å². The Hall–Kier alpha value is -1.09. The number of hydrogen-bond donors (Lipinski definition) is 1. The third kappa shape index (κ3) is 3.95. The van der Waals surface area contributed by atoms with Crippen LogP contribution in [0.15, 0.2) is 18.2 Å². The fraction of sp³-hybridized carbons (Fsp3) is 0.647. The smallest absolute Gasteiger partial charge is 0.126 e. The lowest BCUT2D eigenvalue weighted by atomic mass is 9.77. The molecule has 0 saturated heterocycles. The third-order valence-corrected chi connectivity index (χ3v) is 3.98. The van der Waals surface area contributed by atoms with Gasteiger partial charge in [0, 0.05) is 11.6 Å². The first-order valence-electron chi connectivity index (χ1n) is 7.50. The van der Waals surface area contributed by atoms with E-state index in [0.717, 1.165) is 31.4 Å². The van der Waals surface area contributed by atoms with Crippen LogP contribution in [0.25, 0.3) is 0 Å². The summed E-state index contributed by atoms with van der Waals surface area (Å²) in [4.78, 5) is 0. The Morgan fingerprint density at radius 2 is 2.00 bits per heavy atom. The van der Waals surface area contributed by atoms with E-state index in [2.05, 4.69) is 26.1 Å². The summed E-state index contributed by atoms with van der Waals surface area (Å²) in [5.74, 6) is 0.466. The normalized spacial score (nSPS) is 17.6. The Kier molecular flexibility index (Phi) is 4.38. The maximum Gasteiger partial charge on any atom is 0.126 e. The molecule has 3 heteroatoms. The van der Waals surface area contributed by atoms with Gasteiger partial charge in [0.05, 0.1) is 0 Å². The summed E-state index contributed by atoms with van der Waals surface area (Å²) in [7, 11) is 0. The fourth-order valence-electron chi connectivity index (χ4n) is 2.56. The van der Waals surface area contributed by atoms with E-state index >= 15 is 0 Å². The summed E-state index contributed by atoms with van der Waals surface area (Å²) in [6.45, 7) is 9.39. The zero-order valence-electron chi connectivity index (χ0n) is 13.1. The molecule has 0 aromatic heterocycles. The minimum atomic E-state index is -0.229. The molecule has 2 rings (SSSR count). The summed E-state index contributed by atoms with van der Waals surface area (Å²) in [6.07, 6.45) is 4.30. The minimum Gasteiger partial charge on any atom is -0.487 e. The molecule has 2 nitrogen and oxygen atoms in total. The maximum absolute atomic E-state index is 13.4. The monoisotopic (exact) mass is 279 g/mol. The SMILES string of the molecule is Cc1ccc(F)cc1OC1(CCNC(C)(C)C)CCC1. The topological polar surface area (TPSA) is 21.3 Å². The van der Waals surface area contributed by atoms with Crippen molar-refractivity contribution in [2.24, 2.45) is 0 Å². The molecular formula is C17H26FNO. The van der Waals surface area contributed by atoms with Gasteiger partial charge in [-0.25, -0.2) is 4.39 Å². The zero-order chi connectivity index (χ0) is 14.8. The van der Waals surface area contributed by atoms with Crippen molar-refractivity contribution in [2.45, 2.75) is 64.5 Å². The van der Waals surface area contributed by atoms with Crippen LogP contribution in [-0.4, -0.2) is 17.7 Å². The first kappa shape index (κ1) is 15.3. The van der Waals surface area contributed by atoms with Gasteiger partial charge in [-0.1, -0.05) is 6.07 Å². The molecule has 0 aliphatic heterocycles. The quantitative estimate of drug-likeness (QED) is 0.871.